The summed E-state index contributed by atoms with van der Waals surface area (Å²) < 4.78 is 21.2. The molecule has 0 atom stereocenters. The number of carbonyl (C=O) groups excluding carboxylic acids is 2. The van der Waals surface area contributed by atoms with Gasteiger partial charge in [0.05, 0.1) is 22.8 Å². The monoisotopic (exact) mass is 568 g/mol. The first-order valence-corrected chi connectivity index (χ1v) is 13.8. The maximum absolute atomic E-state index is 14.5. The number of halogens is 1. The van der Waals surface area contributed by atoms with E-state index >= 15 is 0 Å². The van der Waals surface area contributed by atoms with E-state index in [0.717, 1.165) is 36.7 Å². The molecule has 0 radical (unpaired) electrons. The maximum atomic E-state index is 14.5. The number of nitriles is 1. The van der Waals surface area contributed by atoms with Crippen molar-refractivity contribution >= 4 is 40.1 Å². The van der Waals surface area contributed by atoms with Gasteiger partial charge in [0.2, 0.25) is 0 Å². The zero-order chi connectivity index (χ0) is 30.0. The summed E-state index contributed by atoms with van der Waals surface area (Å²) in [5.74, 6) is -0.282. The van der Waals surface area contributed by atoms with Crippen molar-refractivity contribution in [2.75, 3.05) is 30.8 Å². The number of nitrogens with zero attached hydrogens (tertiary/aromatic N) is 4. The molecule has 0 aliphatic carbocycles. The Morgan fingerprint density at radius 3 is 2.40 bits per heavy atom. The molecule has 42 heavy (non-hydrogen) atoms. The van der Waals surface area contributed by atoms with Crippen LogP contribution in [0.2, 0.25) is 0 Å². The SMILES string of the molecule is CN1CCC(c2ccc(C(=O)Nc3nn(C(=O)OC(C)(C)C)c4cc(Nc5ccc(C#N)cc5F)ccc34)cc2)CC1. The van der Waals surface area contributed by atoms with Gasteiger partial charge in [-0.05, 0) is 114 Å². The van der Waals surface area contributed by atoms with E-state index in [1.54, 1.807) is 39.0 Å². The molecule has 1 amide bonds. The zero-order valence-electron chi connectivity index (χ0n) is 24.1. The van der Waals surface area contributed by atoms with Gasteiger partial charge >= 0.3 is 6.09 Å². The second-order valence-corrected chi connectivity index (χ2v) is 11.6. The number of hydrogen-bond donors (Lipinski definition) is 2. The van der Waals surface area contributed by atoms with Crippen molar-refractivity contribution in [1.29, 1.82) is 5.26 Å². The largest absolute Gasteiger partial charge is 0.442 e. The highest BCUT2D eigenvalue weighted by atomic mass is 19.1. The Morgan fingerprint density at radius 1 is 1.05 bits per heavy atom. The molecule has 1 saturated heterocycles. The molecule has 1 aromatic heterocycles. The summed E-state index contributed by atoms with van der Waals surface area (Å²) >= 11 is 0. The number of ether oxygens (including phenoxy) is 1. The van der Waals surface area contributed by atoms with E-state index in [1.165, 1.54) is 17.7 Å². The molecule has 1 aliphatic heterocycles. The molecule has 0 spiro atoms. The van der Waals surface area contributed by atoms with Crippen LogP contribution in [-0.4, -0.2) is 52.4 Å². The molecular weight excluding hydrogens is 535 g/mol. The van der Waals surface area contributed by atoms with E-state index < -0.39 is 17.5 Å². The summed E-state index contributed by atoms with van der Waals surface area (Å²) in [6.45, 7) is 7.35. The second-order valence-electron chi connectivity index (χ2n) is 11.6. The lowest BCUT2D eigenvalue weighted by Gasteiger charge is -2.29. The minimum Gasteiger partial charge on any atom is -0.442 e. The number of hydrogen-bond acceptors (Lipinski definition) is 7. The first kappa shape index (κ1) is 28.8. The highest BCUT2D eigenvalue weighted by molar-refractivity contribution is 6.09. The molecule has 3 aromatic carbocycles. The van der Waals surface area contributed by atoms with E-state index in [9.17, 15) is 14.0 Å². The molecule has 216 valence electrons. The van der Waals surface area contributed by atoms with Crippen LogP contribution in [0, 0.1) is 17.1 Å². The molecular formula is C32H33FN6O3. The number of anilines is 3. The summed E-state index contributed by atoms with van der Waals surface area (Å²) in [4.78, 5) is 28.7. The smallest absolute Gasteiger partial charge is 0.435 e. The highest BCUT2D eigenvalue weighted by Gasteiger charge is 2.24. The molecule has 4 aromatic rings. The molecule has 9 nitrogen and oxygen atoms in total. The van der Waals surface area contributed by atoms with E-state index in [2.05, 4.69) is 27.7 Å². The van der Waals surface area contributed by atoms with Crippen LogP contribution >= 0.6 is 0 Å². The first-order chi connectivity index (χ1) is 20.0. The lowest BCUT2D eigenvalue weighted by atomic mass is 9.89. The molecule has 5 rings (SSSR count). The third-order valence-electron chi connectivity index (χ3n) is 7.22. The molecule has 0 bridgehead atoms. The van der Waals surface area contributed by atoms with Crippen molar-refractivity contribution in [3.05, 3.63) is 83.2 Å². The number of nitrogens with one attached hydrogen (secondary N) is 2. The number of likely N-dealkylation sites (tertiary alicyclic amines) is 1. The van der Waals surface area contributed by atoms with Gasteiger partial charge in [-0.1, -0.05) is 12.1 Å². The van der Waals surface area contributed by atoms with E-state index in [0.29, 0.717) is 28.1 Å². The van der Waals surface area contributed by atoms with E-state index in [-0.39, 0.29) is 23.0 Å². The van der Waals surface area contributed by atoms with Crippen molar-refractivity contribution in [2.45, 2.75) is 45.1 Å². The third-order valence-corrected chi connectivity index (χ3v) is 7.22. The second kappa shape index (κ2) is 11.6. The maximum Gasteiger partial charge on any atom is 0.435 e. The van der Waals surface area contributed by atoms with Crippen molar-refractivity contribution in [3.63, 3.8) is 0 Å². The topological polar surface area (TPSA) is 112 Å². The fraction of sp³-hybridized carbons (Fsp3) is 0.312. The van der Waals surface area contributed by atoms with Gasteiger partial charge < -0.3 is 20.3 Å². The fourth-order valence-corrected chi connectivity index (χ4v) is 5.00. The van der Waals surface area contributed by atoms with Gasteiger partial charge in [-0.3, -0.25) is 4.79 Å². The number of benzene rings is 3. The summed E-state index contributed by atoms with van der Waals surface area (Å²) in [6.07, 6.45) is 1.45. The molecule has 0 unspecified atom stereocenters. The van der Waals surface area contributed by atoms with Gasteiger partial charge in [0, 0.05) is 16.6 Å². The molecule has 2 heterocycles. The number of piperidine rings is 1. The van der Waals surface area contributed by atoms with Crippen LogP contribution in [0.15, 0.2) is 60.7 Å². The molecule has 1 aliphatic rings. The molecule has 0 saturated carbocycles. The summed E-state index contributed by atoms with van der Waals surface area (Å²) in [5.41, 5.74) is 2.10. The molecule has 2 N–H and O–H groups in total. The predicted molar refractivity (Wildman–Crippen MR) is 160 cm³/mol. The lowest BCUT2D eigenvalue weighted by molar-refractivity contribution is 0.0522. The summed E-state index contributed by atoms with van der Waals surface area (Å²) in [6, 6.07) is 18.6. The van der Waals surface area contributed by atoms with Crippen LogP contribution < -0.4 is 10.6 Å². The van der Waals surface area contributed by atoms with Crippen LogP contribution in [-0.2, 0) is 4.74 Å². The normalized spacial score (nSPS) is 14.4. The van der Waals surface area contributed by atoms with E-state index in [1.807, 2.05) is 30.3 Å². The Balaban J connectivity index is 1.42. The number of carbonyl (C=O) groups is 2. The number of rotatable bonds is 5. The first-order valence-electron chi connectivity index (χ1n) is 13.8. The van der Waals surface area contributed by atoms with Gasteiger partial charge in [0.25, 0.3) is 5.91 Å². The quantitative estimate of drug-likeness (QED) is 0.278. The van der Waals surface area contributed by atoms with Gasteiger partial charge in [-0.2, -0.15) is 9.94 Å². The molecule has 1 fully saturated rings. The number of amides is 1. The zero-order valence-corrected chi connectivity index (χ0v) is 24.1. The van der Waals surface area contributed by atoms with Crippen LogP contribution in [0.4, 0.5) is 26.4 Å². The van der Waals surface area contributed by atoms with Gasteiger partial charge in [0.15, 0.2) is 5.82 Å². The van der Waals surface area contributed by atoms with Crippen molar-refractivity contribution in [3.8, 4) is 6.07 Å². The van der Waals surface area contributed by atoms with Gasteiger partial charge in [-0.15, -0.1) is 5.10 Å². The van der Waals surface area contributed by atoms with Gasteiger partial charge in [-0.25, -0.2) is 9.18 Å². The Kier molecular flexibility index (Phi) is 7.96. The van der Waals surface area contributed by atoms with Gasteiger partial charge in [0.1, 0.15) is 11.4 Å². The van der Waals surface area contributed by atoms with Crippen molar-refractivity contribution in [1.82, 2.24) is 14.7 Å². The Labute approximate surface area is 243 Å². The fourth-order valence-electron chi connectivity index (χ4n) is 5.00. The Morgan fingerprint density at radius 2 is 1.76 bits per heavy atom. The average molecular weight is 569 g/mol. The number of fused-ring (bicyclic) bond motifs is 1. The van der Waals surface area contributed by atoms with Crippen LogP contribution in [0.1, 0.15) is 61.0 Å². The van der Waals surface area contributed by atoms with Crippen LogP contribution in [0.3, 0.4) is 0 Å². The minimum absolute atomic E-state index is 0.161. The van der Waals surface area contributed by atoms with Crippen LogP contribution in [0.5, 0.6) is 0 Å². The number of aromatic nitrogens is 2. The van der Waals surface area contributed by atoms with E-state index in [4.69, 9.17) is 10.00 Å². The predicted octanol–water partition coefficient (Wildman–Crippen LogP) is 6.64. The third kappa shape index (κ3) is 6.42. The van der Waals surface area contributed by atoms with Crippen molar-refractivity contribution in [2.24, 2.45) is 0 Å². The summed E-state index contributed by atoms with van der Waals surface area (Å²) in [7, 11) is 2.13. The lowest BCUT2D eigenvalue weighted by Crippen LogP contribution is -2.29. The standard InChI is InChI=1S/C32H33FN6O3/c1-32(2,3)42-31(41)39-28-18-24(35-27-12-5-20(19-34)17-26(27)33)10-11-25(28)29(37-39)36-30(40)23-8-6-21(7-9-23)22-13-15-38(4)16-14-22/h5-12,17-18,22,35H,13-16H2,1-4H3,(H,36,37,40). The van der Waals surface area contributed by atoms with Crippen molar-refractivity contribution < 1.29 is 18.7 Å². The minimum atomic E-state index is -0.782. The Hall–Kier alpha value is -4.75. The Bertz CT molecular complexity index is 1680. The average Bonchev–Trinajstić information content (AvgIpc) is 3.31. The molecule has 10 heteroatoms. The van der Waals surface area contributed by atoms with Crippen LogP contribution in [0.25, 0.3) is 10.9 Å². The highest BCUT2D eigenvalue weighted by Crippen LogP contribution is 2.31. The summed E-state index contributed by atoms with van der Waals surface area (Å²) in [5, 5.41) is 19.7.